The van der Waals surface area contributed by atoms with E-state index in [1.807, 2.05) is 23.1 Å². The zero-order valence-electron chi connectivity index (χ0n) is 19.5. The van der Waals surface area contributed by atoms with Crippen LogP contribution in [0.3, 0.4) is 0 Å². The summed E-state index contributed by atoms with van der Waals surface area (Å²) in [5.41, 5.74) is 23.7. The summed E-state index contributed by atoms with van der Waals surface area (Å²) in [6.07, 6.45) is 3.69. The van der Waals surface area contributed by atoms with Crippen LogP contribution in [0.25, 0.3) is 0 Å². The van der Waals surface area contributed by atoms with Crippen LogP contribution in [-0.4, -0.2) is 58.8 Å². The number of aliphatic imine (C=N–C) groups is 1. The van der Waals surface area contributed by atoms with Crippen LogP contribution in [0, 0.1) is 5.41 Å². The molecular formula is C23H32ClN9O2. The molecule has 3 rings (SSSR count). The fraction of sp³-hybridized carbons (Fsp3) is 0.435. The summed E-state index contributed by atoms with van der Waals surface area (Å²) >= 11 is 5.85. The van der Waals surface area contributed by atoms with Gasteiger partial charge in [0.25, 0.3) is 0 Å². The summed E-state index contributed by atoms with van der Waals surface area (Å²) < 4.78 is 0. The van der Waals surface area contributed by atoms with E-state index >= 15 is 0 Å². The lowest BCUT2D eigenvalue weighted by atomic mass is 9.74. The molecule has 2 aromatic rings. The second-order valence-electron chi connectivity index (χ2n) is 8.69. The molecule has 0 aliphatic carbocycles. The molecule has 1 aromatic heterocycles. The first-order valence-corrected chi connectivity index (χ1v) is 11.8. The Morgan fingerprint density at radius 1 is 1.11 bits per heavy atom. The van der Waals surface area contributed by atoms with Gasteiger partial charge in [-0.1, -0.05) is 41.9 Å². The fourth-order valence-corrected chi connectivity index (χ4v) is 4.29. The van der Waals surface area contributed by atoms with Gasteiger partial charge in [-0.25, -0.2) is 9.97 Å². The summed E-state index contributed by atoms with van der Waals surface area (Å²) in [4.78, 5) is 38.2. The van der Waals surface area contributed by atoms with Crippen LogP contribution >= 0.6 is 11.6 Å². The summed E-state index contributed by atoms with van der Waals surface area (Å²) in [5.74, 6) is -1.02. The number of anilines is 2. The van der Waals surface area contributed by atoms with Crippen LogP contribution in [0.5, 0.6) is 0 Å². The minimum absolute atomic E-state index is 0.0649. The van der Waals surface area contributed by atoms with Gasteiger partial charge >= 0.3 is 5.91 Å². The van der Waals surface area contributed by atoms with Crippen molar-refractivity contribution in [3.63, 3.8) is 0 Å². The van der Waals surface area contributed by atoms with E-state index in [4.69, 9.17) is 34.5 Å². The number of nitrogen functional groups attached to an aromatic ring is 2. The van der Waals surface area contributed by atoms with E-state index in [1.165, 1.54) is 5.56 Å². The third kappa shape index (κ3) is 7.03. The first kappa shape index (κ1) is 26.2. The van der Waals surface area contributed by atoms with Crippen LogP contribution in [0.15, 0.2) is 35.3 Å². The highest BCUT2D eigenvalue weighted by Gasteiger charge is 2.35. The lowest BCUT2D eigenvalue weighted by Gasteiger charge is -2.42. The van der Waals surface area contributed by atoms with Crippen LogP contribution in [0.2, 0.25) is 5.15 Å². The van der Waals surface area contributed by atoms with Gasteiger partial charge in [0.15, 0.2) is 28.4 Å². The van der Waals surface area contributed by atoms with Gasteiger partial charge < -0.3 is 33.2 Å². The summed E-state index contributed by atoms with van der Waals surface area (Å²) in [6, 6.07) is 10.2. The number of piperidine rings is 1. The number of carbonyl (C=O) groups excluding carboxylic acids is 2. The molecule has 0 spiro atoms. The molecule has 0 bridgehead atoms. The molecule has 1 aromatic carbocycles. The van der Waals surface area contributed by atoms with Gasteiger partial charge in [-0.2, -0.15) is 4.99 Å². The third-order valence-corrected chi connectivity index (χ3v) is 6.57. The van der Waals surface area contributed by atoms with Gasteiger partial charge in [0.2, 0.25) is 5.91 Å². The van der Waals surface area contributed by atoms with E-state index in [-0.39, 0.29) is 39.8 Å². The number of nitrogens with two attached hydrogens (primary N) is 4. The van der Waals surface area contributed by atoms with Gasteiger partial charge in [0.1, 0.15) is 0 Å². The summed E-state index contributed by atoms with van der Waals surface area (Å²) in [7, 11) is 0. The molecule has 35 heavy (non-hydrogen) atoms. The largest absolute Gasteiger partial charge is 0.382 e. The molecule has 1 fully saturated rings. The van der Waals surface area contributed by atoms with E-state index in [9.17, 15) is 9.59 Å². The van der Waals surface area contributed by atoms with Gasteiger partial charge in [-0.3, -0.25) is 9.59 Å². The average Bonchev–Trinajstić information content (AvgIpc) is 2.85. The number of rotatable bonds is 8. The molecule has 1 aliphatic heterocycles. The molecule has 1 saturated heterocycles. The third-order valence-electron chi connectivity index (χ3n) is 6.30. The molecule has 9 N–H and O–H groups in total. The Labute approximate surface area is 209 Å². The van der Waals surface area contributed by atoms with Gasteiger partial charge in [0.05, 0.1) is 0 Å². The number of aromatic nitrogens is 2. The molecule has 0 atom stereocenters. The smallest absolute Gasteiger partial charge is 0.302 e. The molecule has 0 radical (unpaired) electrons. The van der Waals surface area contributed by atoms with E-state index in [0.29, 0.717) is 32.6 Å². The second-order valence-corrected chi connectivity index (χ2v) is 9.05. The standard InChI is InChI=1S/C23H32ClN9O2/c24-18-20(27)31-19(26)17(30-18)21(35)32-22(28)29-14-23(8-6-15-4-2-1-3-5-15)9-12-33(13-10-23)16(34)7-11-25/h1-5H,6-14,25H2,(H4,26,27,31)(H3,28,29,32,35). The molecule has 2 heterocycles. The first-order chi connectivity index (χ1) is 16.7. The van der Waals surface area contributed by atoms with Gasteiger partial charge in [0, 0.05) is 32.6 Å². The van der Waals surface area contributed by atoms with Crippen LogP contribution < -0.4 is 28.3 Å². The molecule has 2 amide bonds. The topological polar surface area (TPSA) is 192 Å². The average molecular weight is 502 g/mol. The van der Waals surface area contributed by atoms with Crippen LogP contribution in [0.1, 0.15) is 41.7 Å². The Balaban J connectivity index is 1.69. The highest BCUT2D eigenvalue weighted by Crippen LogP contribution is 2.36. The number of likely N-dealkylation sites (tertiary alicyclic amines) is 1. The Morgan fingerprint density at radius 2 is 1.80 bits per heavy atom. The molecular weight excluding hydrogens is 470 g/mol. The lowest BCUT2D eigenvalue weighted by molar-refractivity contribution is -0.133. The van der Waals surface area contributed by atoms with Crippen molar-refractivity contribution in [3.05, 3.63) is 46.7 Å². The summed E-state index contributed by atoms with van der Waals surface area (Å²) in [5, 5.41) is 2.94. The van der Waals surface area contributed by atoms with Crippen LogP contribution in [0.4, 0.5) is 11.6 Å². The number of nitrogens with zero attached hydrogens (tertiary/aromatic N) is 4. The molecule has 188 valence electrons. The SMILES string of the molecule is NCCC(=O)N1CCC(CCc2ccccc2)(CN/C(N)=N/C(=O)c2nc(Cl)c(N)nc2N)CC1. The number of nitrogens with one attached hydrogen (secondary N) is 1. The van der Waals surface area contributed by atoms with Gasteiger partial charge in [-0.05, 0) is 36.7 Å². The van der Waals surface area contributed by atoms with Crippen molar-refractivity contribution in [3.8, 4) is 0 Å². The zero-order chi connectivity index (χ0) is 25.4. The van der Waals surface area contributed by atoms with Crippen molar-refractivity contribution in [1.29, 1.82) is 0 Å². The predicted molar refractivity (Wildman–Crippen MR) is 137 cm³/mol. The highest BCUT2D eigenvalue weighted by atomic mass is 35.5. The number of hydrogen-bond acceptors (Lipinski definition) is 7. The quantitative estimate of drug-likeness (QED) is 0.258. The monoisotopic (exact) mass is 501 g/mol. The molecule has 0 unspecified atom stereocenters. The van der Waals surface area contributed by atoms with Gasteiger partial charge in [-0.15, -0.1) is 0 Å². The number of amides is 2. The molecule has 11 nitrogen and oxygen atoms in total. The molecule has 0 saturated carbocycles. The number of benzene rings is 1. The molecule has 1 aliphatic rings. The Bertz CT molecular complexity index is 1070. The van der Waals surface area contributed by atoms with Crippen molar-refractivity contribution < 1.29 is 9.59 Å². The Hall–Kier alpha value is -3.44. The van der Waals surface area contributed by atoms with Crippen molar-refractivity contribution in [1.82, 2.24) is 20.2 Å². The van der Waals surface area contributed by atoms with E-state index < -0.39 is 5.91 Å². The maximum Gasteiger partial charge on any atom is 0.302 e. The van der Waals surface area contributed by atoms with Crippen LogP contribution in [-0.2, 0) is 11.2 Å². The predicted octanol–water partition coefficient (Wildman–Crippen LogP) is 0.929. The number of aryl methyl sites for hydroxylation is 1. The lowest BCUT2D eigenvalue weighted by Crippen LogP contribution is -2.49. The van der Waals surface area contributed by atoms with Crippen molar-refractivity contribution in [2.24, 2.45) is 21.9 Å². The number of hydrogen-bond donors (Lipinski definition) is 5. The first-order valence-electron chi connectivity index (χ1n) is 11.5. The highest BCUT2D eigenvalue weighted by molar-refractivity contribution is 6.31. The Morgan fingerprint density at radius 3 is 2.46 bits per heavy atom. The maximum absolute atomic E-state index is 12.5. The summed E-state index contributed by atoms with van der Waals surface area (Å²) in [6.45, 7) is 2.11. The number of carbonyl (C=O) groups is 2. The molecule has 12 heteroatoms. The fourth-order valence-electron chi connectivity index (χ4n) is 4.16. The number of halogens is 1. The van der Waals surface area contributed by atoms with Crippen molar-refractivity contribution in [2.45, 2.75) is 32.1 Å². The number of guanidine groups is 1. The second kappa shape index (κ2) is 11.8. The minimum atomic E-state index is -0.776. The zero-order valence-corrected chi connectivity index (χ0v) is 20.3. The maximum atomic E-state index is 12.5. The van der Waals surface area contributed by atoms with E-state index in [1.54, 1.807) is 0 Å². The Kier molecular flexibility index (Phi) is 8.83. The van der Waals surface area contributed by atoms with E-state index in [0.717, 1.165) is 25.7 Å². The van der Waals surface area contributed by atoms with Crippen molar-refractivity contribution in [2.75, 3.05) is 37.6 Å². The van der Waals surface area contributed by atoms with E-state index in [2.05, 4.69) is 32.4 Å². The normalized spacial score (nSPS) is 15.6. The van der Waals surface area contributed by atoms with Crippen molar-refractivity contribution >= 4 is 41.0 Å². The minimum Gasteiger partial charge on any atom is -0.382 e.